The fraction of sp³-hybridized carbons (Fsp3) is 0.600. The van der Waals surface area contributed by atoms with Crippen molar-refractivity contribution in [2.24, 2.45) is 4.99 Å². The molecule has 0 bridgehead atoms. The average Bonchev–Trinajstić information content (AvgIpc) is 2.48. The van der Waals surface area contributed by atoms with Crippen LogP contribution in [0.25, 0.3) is 0 Å². The summed E-state index contributed by atoms with van der Waals surface area (Å²) in [6.07, 6.45) is 3.55. The van der Waals surface area contributed by atoms with Gasteiger partial charge in [-0.05, 0) is 19.4 Å². The number of anilines is 1. The first-order chi connectivity index (χ1) is 10.7. The molecule has 1 aromatic rings. The number of rotatable bonds is 7. The lowest BCUT2D eigenvalue weighted by Gasteiger charge is -2.19. The fourth-order valence-corrected chi connectivity index (χ4v) is 2.82. The van der Waals surface area contributed by atoms with Crippen LogP contribution in [0.2, 0.25) is 0 Å². The Hall–Kier alpha value is -1.83. The van der Waals surface area contributed by atoms with Crippen LogP contribution in [0.1, 0.15) is 18.9 Å². The molecular formula is C15H27N5O2S. The summed E-state index contributed by atoms with van der Waals surface area (Å²) in [6.45, 7) is 2.52. The Kier molecular flexibility index (Phi) is 7.28. The van der Waals surface area contributed by atoms with Gasteiger partial charge in [0.2, 0.25) is 0 Å². The molecule has 0 aliphatic carbocycles. The summed E-state index contributed by atoms with van der Waals surface area (Å²) >= 11 is 0. The van der Waals surface area contributed by atoms with Gasteiger partial charge in [0, 0.05) is 51.7 Å². The molecule has 1 heterocycles. The van der Waals surface area contributed by atoms with Crippen molar-refractivity contribution in [2.45, 2.75) is 25.9 Å². The lowest BCUT2D eigenvalue weighted by Crippen LogP contribution is -2.42. The van der Waals surface area contributed by atoms with Gasteiger partial charge < -0.3 is 15.5 Å². The number of hydrogen-bond donors (Lipinski definition) is 2. The molecule has 1 atom stereocenters. The summed E-state index contributed by atoms with van der Waals surface area (Å²) in [5, 5.41) is 6.43. The molecule has 0 radical (unpaired) electrons. The molecule has 0 amide bonds. The van der Waals surface area contributed by atoms with E-state index in [1.54, 1.807) is 13.2 Å². The van der Waals surface area contributed by atoms with Crippen LogP contribution < -0.4 is 15.5 Å². The van der Waals surface area contributed by atoms with E-state index in [0.29, 0.717) is 18.9 Å². The minimum atomic E-state index is -2.95. The number of hydrogen-bond acceptors (Lipinski definition) is 5. The number of pyridine rings is 1. The quantitative estimate of drug-likeness (QED) is 0.559. The van der Waals surface area contributed by atoms with Crippen molar-refractivity contribution >= 4 is 21.6 Å². The van der Waals surface area contributed by atoms with Gasteiger partial charge in [-0.1, -0.05) is 6.07 Å². The average molecular weight is 341 g/mol. The highest BCUT2D eigenvalue weighted by Gasteiger charge is 2.10. The Balaban J connectivity index is 2.58. The molecule has 0 aliphatic rings. The van der Waals surface area contributed by atoms with Crippen LogP contribution in [0.5, 0.6) is 0 Å². The zero-order valence-electron chi connectivity index (χ0n) is 14.5. The minimum absolute atomic E-state index is 0.0122. The van der Waals surface area contributed by atoms with Crippen molar-refractivity contribution in [2.75, 3.05) is 38.1 Å². The van der Waals surface area contributed by atoms with Crippen LogP contribution in [0.4, 0.5) is 5.82 Å². The third-order valence-corrected chi connectivity index (χ3v) is 4.24. The van der Waals surface area contributed by atoms with Crippen LogP contribution in [-0.4, -0.2) is 58.6 Å². The standard InChI is InChI=1S/C15H27N5O2S/c1-12(8-10-23(5,21)22)19-15(16-2)18-11-13-7-6-9-17-14(13)20(3)4/h6-7,9,12H,8,10-11H2,1-5H3,(H2,16,18,19). The number of sulfone groups is 1. The Bertz CT molecular complexity index is 629. The summed E-state index contributed by atoms with van der Waals surface area (Å²) < 4.78 is 22.4. The number of aromatic nitrogens is 1. The van der Waals surface area contributed by atoms with Crippen molar-refractivity contribution in [3.05, 3.63) is 23.9 Å². The number of aliphatic imine (C=N–C) groups is 1. The molecule has 8 heteroatoms. The molecule has 0 saturated carbocycles. The van der Waals surface area contributed by atoms with E-state index in [4.69, 9.17) is 0 Å². The highest BCUT2D eigenvalue weighted by atomic mass is 32.2. The first-order valence-corrected chi connectivity index (χ1v) is 9.55. The van der Waals surface area contributed by atoms with Gasteiger partial charge in [-0.15, -0.1) is 0 Å². The van der Waals surface area contributed by atoms with Crippen molar-refractivity contribution in [3.63, 3.8) is 0 Å². The van der Waals surface area contributed by atoms with E-state index in [9.17, 15) is 8.42 Å². The lowest BCUT2D eigenvalue weighted by atomic mass is 10.2. The third-order valence-electron chi connectivity index (χ3n) is 3.27. The molecule has 7 nitrogen and oxygen atoms in total. The summed E-state index contributed by atoms with van der Waals surface area (Å²) in [4.78, 5) is 10.5. The molecule has 2 N–H and O–H groups in total. The Morgan fingerprint density at radius 2 is 2.13 bits per heavy atom. The van der Waals surface area contributed by atoms with Crippen LogP contribution in [0.3, 0.4) is 0 Å². The second kappa shape index (κ2) is 8.71. The maximum atomic E-state index is 11.2. The van der Waals surface area contributed by atoms with Crippen molar-refractivity contribution in [3.8, 4) is 0 Å². The van der Waals surface area contributed by atoms with Crippen LogP contribution in [0.15, 0.2) is 23.3 Å². The van der Waals surface area contributed by atoms with Crippen LogP contribution >= 0.6 is 0 Å². The van der Waals surface area contributed by atoms with Gasteiger partial charge in [0.1, 0.15) is 15.7 Å². The second-order valence-electron chi connectivity index (χ2n) is 5.77. The maximum absolute atomic E-state index is 11.2. The third kappa shape index (κ3) is 7.32. The van der Waals surface area contributed by atoms with Gasteiger partial charge in [0.25, 0.3) is 0 Å². The molecule has 23 heavy (non-hydrogen) atoms. The van der Waals surface area contributed by atoms with E-state index in [2.05, 4.69) is 20.6 Å². The molecule has 0 aromatic carbocycles. The van der Waals surface area contributed by atoms with Gasteiger partial charge >= 0.3 is 0 Å². The monoisotopic (exact) mass is 341 g/mol. The molecule has 1 rings (SSSR count). The van der Waals surface area contributed by atoms with Gasteiger partial charge in [0.05, 0.1) is 5.75 Å². The Morgan fingerprint density at radius 3 is 2.70 bits per heavy atom. The van der Waals surface area contributed by atoms with Crippen molar-refractivity contribution in [1.29, 1.82) is 0 Å². The molecule has 130 valence electrons. The normalized spacial score (nSPS) is 13.5. The smallest absolute Gasteiger partial charge is 0.191 e. The minimum Gasteiger partial charge on any atom is -0.362 e. The maximum Gasteiger partial charge on any atom is 0.191 e. The van der Waals surface area contributed by atoms with Gasteiger partial charge in [0.15, 0.2) is 5.96 Å². The first kappa shape index (κ1) is 19.2. The second-order valence-corrected chi connectivity index (χ2v) is 8.03. The Labute approximate surface area is 139 Å². The number of nitrogens with zero attached hydrogens (tertiary/aromatic N) is 3. The van der Waals surface area contributed by atoms with Crippen LogP contribution in [0, 0.1) is 0 Å². The largest absolute Gasteiger partial charge is 0.362 e. The first-order valence-electron chi connectivity index (χ1n) is 7.49. The molecule has 1 unspecified atom stereocenters. The van der Waals surface area contributed by atoms with E-state index in [0.717, 1.165) is 11.4 Å². The number of guanidine groups is 1. The van der Waals surface area contributed by atoms with E-state index >= 15 is 0 Å². The van der Waals surface area contributed by atoms with E-state index in [1.165, 1.54) is 6.26 Å². The predicted octanol–water partition coefficient (Wildman–Crippen LogP) is 0.636. The summed E-state index contributed by atoms with van der Waals surface area (Å²) in [5.74, 6) is 1.70. The summed E-state index contributed by atoms with van der Waals surface area (Å²) in [6, 6.07) is 3.92. The van der Waals surface area contributed by atoms with Gasteiger partial charge in [-0.25, -0.2) is 13.4 Å². The predicted molar refractivity (Wildman–Crippen MR) is 95.7 cm³/mol. The lowest BCUT2D eigenvalue weighted by molar-refractivity contribution is 0.581. The number of nitrogens with one attached hydrogen (secondary N) is 2. The van der Waals surface area contributed by atoms with E-state index < -0.39 is 9.84 Å². The van der Waals surface area contributed by atoms with Gasteiger partial charge in [-0.3, -0.25) is 4.99 Å². The summed E-state index contributed by atoms with van der Waals surface area (Å²) in [7, 11) is 2.64. The molecule has 0 fully saturated rings. The topological polar surface area (TPSA) is 86.7 Å². The Morgan fingerprint density at radius 1 is 1.43 bits per heavy atom. The van der Waals surface area contributed by atoms with Crippen molar-refractivity contribution < 1.29 is 8.42 Å². The highest BCUT2D eigenvalue weighted by molar-refractivity contribution is 7.90. The SMILES string of the molecule is CN=C(NCc1cccnc1N(C)C)NC(C)CCS(C)(=O)=O. The molecule has 0 saturated heterocycles. The van der Waals surface area contributed by atoms with E-state index in [1.807, 2.05) is 38.1 Å². The molecule has 0 spiro atoms. The zero-order valence-corrected chi connectivity index (χ0v) is 15.3. The van der Waals surface area contributed by atoms with Crippen LogP contribution in [-0.2, 0) is 16.4 Å². The fourth-order valence-electron chi connectivity index (χ4n) is 2.04. The zero-order chi connectivity index (χ0) is 17.5. The van der Waals surface area contributed by atoms with Crippen molar-refractivity contribution in [1.82, 2.24) is 15.6 Å². The molecule has 0 aliphatic heterocycles. The molecular weight excluding hydrogens is 314 g/mol. The molecule has 1 aromatic heterocycles. The van der Waals surface area contributed by atoms with E-state index in [-0.39, 0.29) is 11.8 Å². The van der Waals surface area contributed by atoms with Gasteiger partial charge in [-0.2, -0.15) is 0 Å². The summed E-state index contributed by atoms with van der Waals surface area (Å²) in [5.41, 5.74) is 1.06. The highest BCUT2D eigenvalue weighted by Crippen LogP contribution is 2.13.